The predicted octanol–water partition coefficient (Wildman–Crippen LogP) is 2.78. The van der Waals surface area contributed by atoms with Crippen molar-refractivity contribution in [1.29, 1.82) is 0 Å². The molecule has 2 heterocycles. The minimum Gasteiger partial charge on any atom is -0.253 e. The van der Waals surface area contributed by atoms with Gasteiger partial charge in [-0.2, -0.15) is 8.42 Å². The van der Waals surface area contributed by atoms with Crippen LogP contribution in [0.1, 0.15) is 0 Å². The summed E-state index contributed by atoms with van der Waals surface area (Å²) in [5.41, 5.74) is 3.80. The zero-order chi connectivity index (χ0) is 19.5. The summed E-state index contributed by atoms with van der Waals surface area (Å²) in [5, 5.41) is 0. The molecule has 0 unspecified atom stereocenters. The molecule has 0 amide bonds. The fourth-order valence-corrected chi connectivity index (χ4v) is 2.02. The van der Waals surface area contributed by atoms with Gasteiger partial charge >= 0.3 is 10.4 Å². The van der Waals surface area contributed by atoms with Crippen LogP contribution >= 0.6 is 0 Å². The Hall–Kier alpha value is -3.01. The number of hydrogen-bond donors (Lipinski definition) is 0. The highest BCUT2D eigenvalue weighted by atomic mass is 32.3. The molecule has 140 valence electrons. The van der Waals surface area contributed by atoms with E-state index in [1.807, 2.05) is 48.5 Å². The first-order chi connectivity index (χ1) is 13.1. The molecule has 2 aromatic heterocycles. The highest BCUT2D eigenvalue weighted by molar-refractivity contribution is 7.81. The maximum Gasteiger partial charge on any atom is 0.399 e. The molecular weight excluding hydrogens is 368 g/mol. The summed E-state index contributed by atoms with van der Waals surface area (Å²) in [5.74, 6) is 0. The van der Waals surface area contributed by atoms with Crippen LogP contribution in [0.5, 0.6) is 0 Å². The van der Waals surface area contributed by atoms with E-state index in [-0.39, 0.29) is 0 Å². The number of hydrogen-bond acceptors (Lipinski definition) is 8. The molecule has 27 heavy (non-hydrogen) atoms. The minimum absolute atomic E-state index is 0.949. The largest absolute Gasteiger partial charge is 0.399 e. The van der Waals surface area contributed by atoms with Crippen LogP contribution in [0.2, 0.25) is 0 Å². The Labute approximate surface area is 157 Å². The van der Waals surface area contributed by atoms with Crippen molar-refractivity contribution in [3.8, 4) is 0 Å². The van der Waals surface area contributed by atoms with Gasteiger partial charge in [0, 0.05) is 24.8 Å². The summed E-state index contributed by atoms with van der Waals surface area (Å²) in [6.45, 7) is 0. The van der Waals surface area contributed by atoms with Gasteiger partial charge in [0.15, 0.2) is 0 Å². The Morgan fingerprint density at radius 1 is 0.593 bits per heavy atom. The van der Waals surface area contributed by atoms with Crippen LogP contribution in [0.15, 0.2) is 73.3 Å². The summed E-state index contributed by atoms with van der Waals surface area (Å²) in [7, 11) is -1.60. The molecule has 9 heteroatoms. The lowest BCUT2D eigenvalue weighted by molar-refractivity contribution is 0.286. The Kier molecular flexibility index (Phi) is 7.68. The molecule has 0 radical (unpaired) electrons. The molecule has 4 rings (SSSR count). The van der Waals surface area contributed by atoms with E-state index < -0.39 is 10.4 Å². The zero-order valence-corrected chi connectivity index (χ0v) is 15.6. The van der Waals surface area contributed by atoms with Crippen molar-refractivity contribution in [2.24, 2.45) is 0 Å². The Balaban J connectivity index is 0.000000149. The zero-order valence-electron chi connectivity index (χ0n) is 14.8. The van der Waals surface area contributed by atoms with Crippen LogP contribution in [0.4, 0.5) is 0 Å². The van der Waals surface area contributed by atoms with Crippen molar-refractivity contribution in [3.05, 3.63) is 73.3 Å². The van der Waals surface area contributed by atoms with Crippen molar-refractivity contribution in [3.63, 3.8) is 0 Å². The first-order valence-corrected chi connectivity index (χ1v) is 9.07. The number of aromatic nitrogens is 4. The minimum atomic E-state index is -3.66. The van der Waals surface area contributed by atoms with Gasteiger partial charge in [0.1, 0.15) is 0 Å². The van der Waals surface area contributed by atoms with Gasteiger partial charge in [-0.3, -0.25) is 28.3 Å². The van der Waals surface area contributed by atoms with E-state index in [0.29, 0.717) is 0 Å². The van der Waals surface area contributed by atoms with Gasteiger partial charge < -0.3 is 0 Å². The normalized spacial score (nSPS) is 10.4. The SMILES string of the molecule is COS(=O)(=O)OC.c1ccc2nccnc2c1.c1ccc2nccnc2c1. The summed E-state index contributed by atoms with van der Waals surface area (Å²) in [4.78, 5) is 16.5. The fraction of sp³-hybridized carbons (Fsp3) is 0.111. The Morgan fingerprint density at radius 2 is 0.852 bits per heavy atom. The molecule has 0 aliphatic heterocycles. The number of para-hydroxylation sites is 4. The predicted molar refractivity (Wildman–Crippen MR) is 102 cm³/mol. The third-order valence-electron chi connectivity index (χ3n) is 3.16. The summed E-state index contributed by atoms with van der Waals surface area (Å²) < 4.78 is 27.5. The van der Waals surface area contributed by atoms with Gasteiger partial charge in [-0.1, -0.05) is 24.3 Å². The van der Waals surface area contributed by atoms with Crippen LogP contribution in [0.25, 0.3) is 22.1 Å². The van der Waals surface area contributed by atoms with Crippen molar-refractivity contribution in [2.75, 3.05) is 14.2 Å². The number of rotatable bonds is 2. The fourth-order valence-electron chi connectivity index (χ4n) is 1.89. The van der Waals surface area contributed by atoms with E-state index in [1.54, 1.807) is 24.8 Å². The third-order valence-corrected chi connectivity index (χ3v) is 3.98. The van der Waals surface area contributed by atoms with Crippen LogP contribution in [-0.2, 0) is 18.8 Å². The molecule has 0 bridgehead atoms. The van der Waals surface area contributed by atoms with Crippen LogP contribution in [-0.4, -0.2) is 42.6 Å². The van der Waals surface area contributed by atoms with Crippen molar-refractivity contribution < 1.29 is 16.8 Å². The third kappa shape index (κ3) is 6.66. The van der Waals surface area contributed by atoms with Crippen molar-refractivity contribution in [1.82, 2.24) is 19.9 Å². The molecule has 0 aliphatic carbocycles. The lowest BCUT2D eigenvalue weighted by Crippen LogP contribution is -2.02. The second kappa shape index (κ2) is 10.2. The van der Waals surface area contributed by atoms with Crippen LogP contribution < -0.4 is 0 Å². The first-order valence-electron chi connectivity index (χ1n) is 7.73. The second-order valence-electron chi connectivity index (χ2n) is 4.83. The molecule has 0 N–H and O–H groups in total. The van der Waals surface area contributed by atoms with Gasteiger partial charge in [0.25, 0.3) is 0 Å². The molecule has 0 saturated heterocycles. The lowest BCUT2D eigenvalue weighted by atomic mass is 10.3. The first kappa shape index (κ1) is 20.3. The number of nitrogens with zero attached hydrogens (tertiary/aromatic N) is 4. The van der Waals surface area contributed by atoms with Gasteiger partial charge in [0.2, 0.25) is 0 Å². The summed E-state index contributed by atoms with van der Waals surface area (Å²) in [6, 6.07) is 15.6. The van der Waals surface area contributed by atoms with Gasteiger partial charge in [-0.05, 0) is 24.3 Å². The van der Waals surface area contributed by atoms with Gasteiger partial charge in [-0.15, -0.1) is 0 Å². The van der Waals surface area contributed by atoms with Crippen LogP contribution in [0.3, 0.4) is 0 Å². The molecule has 0 aliphatic rings. The highest BCUT2D eigenvalue weighted by Gasteiger charge is 2.01. The van der Waals surface area contributed by atoms with E-state index in [1.165, 1.54) is 0 Å². The molecular formula is C18H18N4O4S. The molecule has 4 aromatic rings. The Bertz CT molecular complexity index is 878. The topological polar surface area (TPSA) is 104 Å². The monoisotopic (exact) mass is 386 g/mol. The van der Waals surface area contributed by atoms with Gasteiger partial charge in [-0.25, -0.2) is 0 Å². The molecule has 0 atom stereocenters. The molecule has 2 aromatic carbocycles. The maximum atomic E-state index is 9.92. The highest BCUT2D eigenvalue weighted by Crippen LogP contribution is 2.05. The van der Waals surface area contributed by atoms with E-state index in [9.17, 15) is 8.42 Å². The second-order valence-corrected chi connectivity index (χ2v) is 6.31. The standard InChI is InChI=1S/2C8H6N2.C2H6O4S/c2*1-2-4-8-7(3-1)9-5-6-10-8;1-5-7(3,4)6-2/h2*1-6H;1-2H3. The lowest BCUT2D eigenvalue weighted by Gasteiger charge is -1.91. The molecule has 0 spiro atoms. The summed E-state index contributed by atoms with van der Waals surface area (Å²) in [6.07, 6.45) is 6.79. The molecule has 0 saturated carbocycles. The van der Waals surface area contributed by atoms with Gasteiger partial charge in [0.05, 0.1) is 36.3 Å². The summed E-state index contributed by atoms with van der Waals surface area (Å²) >= 11 is 0. The van der Waals surface area contributed by atoms with Crippen molar-refractivity contribution in [2.45, 2.75) is 0 Å². The van der Waals surface area contributed by atoms with E-state index >= 15 is 0 Å². The maximum absolute atomic E-state index is 9.92. The number of benzene rings is 2. The Morgan fingerprint density at radius 3 is 1.04 bits per heavy atom. The van der Waals surface area contributed by atoms with E-state index in [0.717, 1.165) is 36.3 Å². The average molecular weight is 386 g/mol. The average Bonchev–Trinajstić information content (AvgIpc) is 2.75. The van der Waals surface area contributed by atoms with E-state index in [4.69, 9.17) is 0 Å². The number of fused-ring (bicyclic) bond motifs is 2. The van der Waals surface area contributed by atoms with Crippen molar-refractivity contribution >= 4 is 32.5 Å². The smallest absolute Gasteiger partial charge is 0.253 e. The van der Waals surface area contributed by atoms with E-state index in [2.05, 4.69) is 28.3 Å². The van der Waals surface area contributed by atoms with Crippen LogP contribution in [0, 0.1) is 0 Å². The molecule has 8 nitrogen and oxygen atoms in total. The quantitative estimate of drug-likeness (QED) is 0.518. The molecule has 0 fully saturated rings.